The van der Waals surface area contributed by atoms with E-state index < -0.39 is 0 Å². The molecule has 3 rings (SSSR count). The van der Waals surface area contributed by atoms with Gasteiger partial charge in [0.25, 0.3) is 0 Å². The summed E-state index contributed by atoms with van der Waals surface area (Å²) in [5.41, 5.74) is 7.57. The van der Waals surface area contributed by atoms with Crippen LogP contribution < -0.4 is 5.73 Å². The third kappa shape index (κ3) is 1.53. The van der Waals surface area contributed by atoms with Gasteiger partial charge in [-0.05, 0) is 36.5 Å². The van der Waals surface area contributed by atoms with Crippen molar-refractivity contribution in [2.45, 2.75) is 24.3 Å². The van der Waals surface area contributed by atoms with Crippen LogP contribution in [0.1, 0.15) is 18.4 Å². The second kappa shape index (κ2) is 3.83. The maximum absolute atomic E-state index is 5.90. The average Bonchev–Trinajstić information content (AvgIpc) is 2.16. The third-order valence-corrected chi connectivity index (χ3v) is 4.62. The predicted octanol–water partition coefficient (Wildman–Crippen LogP) is 2.45. The highest BCUT2D eigenvalue weighted by Crippen LogP contribution is 2.48. The molecule has 1 aromatic carbocycles. The van der Waals surface area contributed by atoms with Crippen molar-refractivity contribution in [1.82, 2.24) is 0 Å². The summed E-state index contributed by atoms with van der Waals surface area (Å²) < 4.78 is 6.60. The van der Waals surface area contributed by atoms with Crippen LogP contribution in [-0.2, 0) is 10.2 Å². The Labute approximate surface area is 104 Å². The van der Waals surface area contributed by atoms with Crippen molar-refractivity contribution in [3.63, 3.8) is 0 Å². The summed E-state index contributed by atoms with van der Waals surface area (Å²) in [6.07, 6.45) is 2.30. The standard InChI is InChI=1S/C13H16BrNO/c14-11-3-1-9(2-4-11)13(7-16-8-13)10-5-12(15)6-10/h1-4,10,12H,5-8,15H2. The summed E-state index contributed by atoms with van der Waals surface area (Å²) in [5, 5.41) is 0. The summed E-state index contributed by atoms with van der Waals surface area (Å²) in [7, 11) is 0. The number of ether oxygens (including phenoxy) is 1. The first-order chi connectivity index (χ1) is 7.71. The Morgan fingerprint density at radius 2 is 1.81 bits per heavy atom. The van der Waals surface area contributed by atoms with Crippen molar-refractivity contribution >= 4 is 15.9 Å². The van der Waals surface area contributed by atoms with E-state index in [4.69, 9.17) is 10.5 Å². The quantitative estimate of drug-likeness (QED) is 0.904. The van der Waals surface area contributed by atoms with Crippen LogP contribution in [0.4, 0.5) is 0 Å². The Morgan fingerprint density at radius 3 is 2.25 bits per heavy atom. The molecule has 1 aliphatic carbocycles. The van der Waals surface area contributed by atoms with Crippen LogP contribution in [0.2, 0.25) is 0 Å². The number of hydrogen-bond donors (Lipinski definition) is 1. The summed E-state index contributed by atoms with van der Waals surface area (Å²) in [6, 6.07) is 9.09. The molecule has 0 atom stereocenters. The van der Waals surface area contributed by atoms with Gasteiger partial charge in [-0.15, -0.1) is 0 Å². The minimum absolute atomic E-state index is 0.260. The fourth-order valence-corrected chi connectivity index (χ4v) is 3.12. The maximum atomic E-state index is 5.90. The minimum atomic E-state index is 0.260. The second-order valence-electron chi connectivity index (χ2n) is 5.08. The van der Waals surface area contributed by atoms with Gasteiger partial charge >= 0.3 is 0 Å². The highest BCUT2D eigenvalue weighted by Gasteiger charge is 2.50. The molecular weight excluding hydrogens is 266 g/mol. The second-order valence-corrected chi connectivity index (χ2v) is 6.00. The number of nitrogens with two attached hydrogens (primary N) is 1. The lowest BCUT2D eigenvalue weighted by atomic mass is 9.59. The monoisotopic (exact) mass is 281 g/mol. The van der Waals surface area contributed by atoms with Gasteiger partial charge in [-0.2, -0.15) is 0 Å². The van der Waals surface area contributed by atoms with Gasteiger partial charge in [0.05, 0.1) is 13.2 Å². The van der Waals surface area contributed by atoms with Crippen molar-refractivity contribution in [2.24, 2.45) is 11.7 Å². The van der Waals surface area contributed by atoms with Crippen LogP contribution in [0.15, 0.2) is 28.7 Å². The summed E-state index contributed by atoms with van der Waals surface area (Å²) in [4.78, 5) is 0. The van der Waals surface area contributed by atoms with E-state index in [1.165, 1.54) is 5.56 Å². The normalized spacial score (nSPS) is 31.6. The first-order valence-electron chi connectivity index (χ1n) is 5.80. The van der Waals surface area contributed by atoms with E-state index in [1.807, 2.05) is 0 Å². The third-order valence-electron chi connectivity index (χ3n) is 4.09. The molecule has 1 aliphatic heterocycles. The zero-order valence-corrected chi connectivity index (χ0v) is 10.7. The van der Waals surface area contributed by atoms with Crippen molar-refractivity contribution in [3.8, 4) is 0 Å². The molecule has 1 aromatic rings. The Morgan fingerprint density at radius 1 is 1.19 bits per heavy atom. The molecule has 3 heteroatoms. The van der Waals surface area contributed by atoms with E-state index >= 15 is 0 Å². The first-order valence-corrected chi connectivity index (χ1v) is 6.59. The molecular formula is C13H16BrNO. The van der Waals surface area contributed by atoms with E-state index in [0.29, 0.717) is 6.04 Å². The molecule has 1 saturated heterocycles. The van der Waals surface area contributed by atoms with E-state index in [-0.39, 0.29) is 5.41 Å². The number of hydrogen-bond acceptors (Lipinski definition) is 2. The van der Waals surface area contributed by atoms with Gasteiger partial charge in [-0.25, -0.2) is 0 Å². The molecule has 16 heavy (non-hydrogen) atoms. The van der Waals surface area contributed by atoms with Crippen LogP contribution in [0.3, 0.4) is 0 Å². The van der Waals surface area contributed by atoms with E-state index in [2.05, 4.69) is 40.2 Å². The topological polar surface area (TPSA) is 35.2 Å². The van der Waals surface area contributed by atoms with Crippen LogP contribution >= 0.6 is 15.9 Å². The summed E-state index contributed by atoms with van der Waals surface area (Å²) >= 11 is 3.48. The molecule has 1 saturated carbocycles. The first kappa shape index (κ1) is 10.8. The number of rotatable bonds is 2. The molecule has 1 heterocycles. The Bertz CT molecular complexity index is 379. The summed E-state index contributed by atoms with van der Waals surface area (Å²) in [6.45, 7) is 1.73. The van der Waals surface area contributed by atoms with Gasteiger partial charge in [-0.1, -0.05) is 28.1 Å². The SMILES string of the molecule is NC1CC(C2(c3ccc(Br)cc3)COC2)C1. The van der Waals surface area contributed by atoms with Gasteiger partial charge in [0.2, 0.25) is 0 Å². The Hall–Kier alpha value is -0.380. The van der Waals surface area contributed by atoms with Crippen molar-refractivity contribution in [1.29, 1.82) is 0 Å². The molecule has 2 fully saturated rings. The zero-order chi connectivity index (χ0) is 11.2. The number of benzene rings is 1. The van der Waals surface area contributed by atoms with Crippen molar-refractivity contribution < 1.29 is 4.74 Å². The molecule has 0 amide bonds. The van der Waals surface area contributed by atoms with Gasteiger partial charge in [0, 0.05) is 15.9 Å². The van der Waals surface area contributed by atoms with Gasteiger partial charge in [-0.3, -0.25) is 0 Å². The molecule has 2 nitrogen and oxygen atoms in total. The molecule has 2 N–H and O–H groups in total. The zero-order valence-electron chi connectivity index (χ0n) is 9.16. The Balaban J connectivity index is 1.87. The highest BCUT2D eigenvalue weighted by molar-refractivity contribution is 9.10. The van der Waals surface area contributed by atoms with E-state index in [0.717, 1.165) is 36.4 Å². The van der Waals surface area contributed by atoms with Crippen LogP contribution in [0.25, 0.3) is 0 Å². The van der Waals surface area contributed by atoms with Gasteiger partial charge in [0.15, 0.2) is 0 Å². The average molecular weight is 282 g/mol. The van der Waals surface area contributed by atoms with E-state index in [9.17, 15) is 0 Å². The van der Waals surface area contributed by atoms with Crippen LogP contribution in [0, 0.1) is 5.92 Å². The fourth-order valence-electron chi connectivity index (χ4n) is 2.85. The largest absolute Gasteiger partial charge is 0.379 e. The lowest BCUT2D eigenvalue weighted by molar-refractivity contribution is -0.111. The van der Waals surface area contributed by atoms with E-state index in [1.54, 1.807) is 0 Å². The lowest BCUT2D eigenvalue weighted by Gasteiger charge is -2.53. The predicted molar refractivity (Wildman–Crippen MR) is 67.3 cm³/mol. The van der Waals surface area contributed by atoms with Crippen molar-refractivity contribution in [3.05, 3.63) is 34.3 Å². The molecule has 0 bridgehead atoms. The molecule has 0 radical (unpaired) electrons. The number of halogens is 1. The maximum Gasteiger partial charge on any atom is 0.0588 e. The van der Waals surface area contributed by atoms with Crippen LogP contribution in [0.5, 0.6) is 0 Å². The smallest absolute Gasteiger partial charge is 0.0588 e. The van der Waals surface area contributed by atoms with Gasteiger partial charge in [0.1, 0.15) is 0 Å². The molecule has 0 unspecified atom stereocenters. The fraction of sp³-hybridized carbons (Fsp3) is 0.538. The summed E-state index contributed by atoms with van der Waals surface area (Å²) in [5.74, 6) is 0.720. The van der Waals surface area contributed by atoms with Crippen molar-refractivity contribution in [2.75, 3.05) is 13.2 Å². The highest BCUT2D eigenvalue weighted by atomic mass is 79.9. The molecule has 2 aliphatic rings. The Kier molecular flexibility index (Phi) is 2.57. The molecule has 0 aromatic heterocycles. The minimum Gasteiger partial charge on any atom is -0.379 e. The van der Waals surface area contributed by atoms with Gasteiger partial charge < -0.3 is 10.5 Å². The molecule has 0 spiro atoms. The van der Waals surface area contributed by atoms with Crippen LogP contribution in [-0.4, -0.2) is 19.3 Å². The molecule has 86 valence electrons. The lowest BCUT2D eigenvalue weighted by Crippen LogP contribution is -2.58.